The van der Waals surface area contributed by atoms with Gasteiger partial charge in [0.25, 0.3) is 5.91 Å². The van der Waals surface area contributed by atoms with E-state index in [-0.39, 0.29) is 30.0 Å². The number of hydrogen-bond acceptors (Lipinski definition) is 5. The summed E-state index contributed by atoms with van der Waals surface area (Å²) >= 11 is 0. The first-order valence-corrected chi connectivity index (χ1v) is 6.75. The Bertz CT molecular complexity index is 554. The molecule has 1 aliphatic rings. The van der Waals surface area contributed by atoms with E-state index >= 15 is 0 Å². The minimum absolute atomic E-state index is 0.0866. The molecular formula is C13H20N4O4. The van der Waals surface area contributed by atoms with Crippen LogP contribution in [-0.4, -0.2) is 69.6 Å². The van der Waals surface area contributed by atoms with Crippen LogP contribution in [0.3, 0.4) is 0 Å². The van der Waals surface area contributed by atoms with E-state index in [0.29, 0.717) is 13.0 Å². The maximum absolute atomic E-state index is 12.6. The molecule has 2 unspecified atom stereocenters. The number of nitro groups is 1. The number of β-amino-alcohol motifs (C(OH)–C–C–N with tert-alkyl or cyclic N) is 1. The summed E-state index contributed by atoms with van der Waals surface area (Å²) in [6.45, 7) is 0.908. The highest BCUT2D eigenvalue weighted by Crippen LogP contribution is 2.23. The molecule has 2 atom stereocenters. The molecule has 1 amide bonds. The zero-order valence-corrected chi connectivity index (χ0v) is 12.4. The fraction of sp³-hybridized carbons (Fsp3) is 0.615. The van der Waals surface area contributed by atoms with E-state index in [1.54, 1.807) is 4.90 Å². The summed E-state index contributed by atoms with van der Waals surface area (Å²) in [4.78, 5) is 26.5. The number of aliphatic hydroxyl groups excluding tert-OH is 1. The molecule has 1 fully saturated rings. The molecule has 21 heavy (non-hydrogen) atoms. The predicted octanol–water partition coefficient (Wildman–Crippen LogP) is 0.0703. The van der Waals surface area contributed by atoms with Gasteiger partial charge in [-0.05, 0) is 31.5 Å². The van der Waals surface area contributed by atoms with Crippen LogP contribution in [0, 0.1) is 10.1 Å². The van der Waals surface area contributed by atoms with Crippen LogP contribution >= 0.6 is 0 Å². The number of hydrogen-bond donors (Lipinski definition) is 1. The largest absolute Gasteiger partial charge is 0.391 e. The number of rotatable bonds is 4. The van der Waals surface area contributed by atoms with Crippen LogP contribution in [0.4, 0.5) is 5.82 Å². The van der Waals surface area contributed by atoms with Gasteiger partial charge in [-0.25, -0.2) is 4.57 Å². The molecule has 0 aromatic carbocycles. The number of likely N-dealkylation sites (tertiary alicyclic amines) is 1. The summed E-state index contributed by atoms with van der Waals surface area (Å²) < 4.78 is 1.28. The van der Waals surface area contributed by atoms with Crippen molar-refractivity contribution in [2.24, 2.45) is 7.05 Å². The summed E-state index contributed by atoms with van der Waals surface area (Å²) in [6, 6.07) is 2.69. The molecule has 0 radical (unpaired) electrons. The Hall–Kier alpha value is -1.93. The number of nitrogens with zero attached hydrogens (tertiary/aromatic N) is 4. The van der Waals surface area contributed by atoms with Gasteiger partial charge in [-0.2, -0.15) is 0 Å². The lowest BCUT2D eigenvalue weighted by molar-refractivity contribution is -0.391. The first-order valence-electron chi connectivity index (χ1n) is 6.75. The van der Waals surface area contributed by atoms with Crippen molar-refractivity contribution in [3.63, 3.8) is 0 Å². The summed E-state index contributed by atoms with van der Waals surface area (Å²) in [6.07, 6.45) is -0.0228. The van der Waals surface area contributed by atoms with E-state index in [0.717, 1.165) is 0 Å². The molecule has 2 heterocycles. The Morgan fingerprint density at radius 1 is 1.52 bits per heavy atom. The number of likely N-dealkylation sites (N-methyl/N-ethyl adjacent to an activating group) is 1. The first-order chi connectivity index (χ1) is 9.81. The number of carbonyl (C=O) groups is 1. The number of aliphatic hydroxyl groups is 1. The highest BCUT2D eigenvalue weighted by molar-refractivity contribution is 5.93. The average molecular weight is 296 g/mol. The summed E-state index contributed by atoms with van der Waals surface area (Å²) in [5, 5.41) is 20.7. The van der Waals surface area contributed by atoms with Gasteiger partial charge in [0.05, 0.1) is 13.2 Å². The molecule has 0 saturated carbocycles. The Kier molecular flexibility index (Phi) is 4.29. The molecule has 0 aliphatic carbocycles. The van der Waals surface area contributed by atoms with Crippen LogP contribution in [0.25, 0.3) is 0 Å². The normalized spacial score (nSPS) is 22.0. The van der Waals surface area contributed by atoms with Gasteiger partial charge in [0.2, 0.25) is 0 Å². The smallest absolute Gasteiger partial charge is 0.323 e. The second-order valence-corrected chi connectivity index (χ2v) is 5.66. The highest BCUT2D eigenvalue weighted by Gasteiger charge is 2.37. The van der Waals surface area contributed by atoms with Crippen molar-refractivity contribution in [3.8, 4) is 0 Å². The van der Waals surface area contributed by atoms with Gasteiger partial charge in [0, 0.05) is 25.2 Å². The highest BCUT2D eigenvalue weighted by atomic mass is 16.6. The molecule has 1 N–H and O–H groups in total. The van der Waals surface area contributed by atoms with E-state index in [1.165, 1.54) is 23.7 Å². The van der Waals surface area contributed by atoms with Crippen LogP contribution in [-0.2, 0) is 7.05 Å². The Labute approximate surface area is 122 Å². The minimum atomic E-state index is -0.547. The van der Waals surface area contributed by atoms with Crippen LogP contribution in [0.15, 0.2) is 12.1 Å². The van der Waals surface area contributed by atoms with Gasteiger partial charge in [-0.1, -0.05) is 0 Å². The van der Waals surface area contributed by atoms with Gasteiger partial charge >= 0.3 is 5.82 Å². The molecule has 2 rings (SSSR count). The van der Waals surface area contributed by atoms with Crippen molar-refractivity contribution in [1.82, 2.24) is 14.4 Å². The molecule has 0 bridgehead atoms. The molecule has 116 valence electrons. The van der Waals surface area contributed by atoms with Gasteiger partial charge in [0.15, 0.2) is 5.69 Å². The van der Waals surface area contributed by atoms with Gasteiger partial charge in [0.1, 0.15) is 0 Å². The fourth-order valence-corrected chi connectivity index (χ4v) is 2.78. The summed E-state index contributed by atoms with van der Waals surface area (Å²) in [5.41, 5.74) is 0.263. The lowest BCUT2D eigenvalue weighted by Crippen LogP contribution is -2.42. The molecule has 0 spiro atoms. The predicted molar refractivity (Wildman–Crippen MR) is 76.1 cm³/mol. The molecule has 1 saturated heterocycles. The topological polar surface area (TPSA) is 91.8 Å². The standard InChI is InChI=1S/C13H20N4O4/c1-14(2)7-9-6-10(18)8-16(9)13(19)11-4-5-12(15(11)3)17(20)21/h4-5,9-10,18H,6-8H2,1-3H3. The first kappa shape index (κ1) is 15.5. The second-order valence-electron chi connectivity index (χ2n) is 5.66. The Morgan fingerprint density at radius 3 is 2.71 bits per heavy atom. The van der Waals surface area contributed by atoms with E-state index in [4.69, 9.17) is 0 Å². The van der Waals surface area contributed by atoms with Crippen molar-refractivity contribution in [1.29, 1.82) is 0 Å². The second kappa shape index (κ2) is 5.82. The Morgan fingerprint density at radius 2 is 2.19 bits per heavy atom. The van der Waals surface area contributed by atoms with Gasteiger partial charge in [-0.15, -0.1) is 0 Å². The maximum Gasteiger partial charge on any atom is 0.323 e. The summed E-state index contributed by atoms with van der Waals surface area (Å²) in [7, 11) is 5.31. The van der Waals surface area contributed by atoms with E-state index < -0.39 is 11.0 Å². The van der Waals surface area contributed by atoms with E-state index in [9.17, 15) is 20.0 Å². The van der Waals surface area contributed by atoms with Gasteiger partial charge < -0.3 is 25.0 Å². The van der Waals surface area contributed by atoms with E-state index in [1.807, 2.05) is 19.0 Å². The maximum atomic E-state index is 12.6. The van der Waals surface area contributed by atoms with Crippen molar-refractivity contribution < 1.29 is 14.8 Å². The third kappa shape index (κ3) is 3.06. The zero-order chi connectivity index (χ0) is 15.7. The van der Waals surface area contributed by atoms with Crippen molar-refractivity contribution in [3.05, 3.63) is 27.9 Å². The van der Waals surface area contributed by atoms with Crippen molar-refractivity contribution >= 4 is 11.7 Å². The average Bonchev–Trinajstić information content (AvgIpc) is 2.91. The molecular weight excluding hydrogens is 276 g/mol. The van der Waals surface area contributed by atoms with Crippen LogP contribution < -0.4 is 0 Å². The SMILES string of the molecule is CN(C)CC1CC(O)CN1C(=O)c1ccc([N+](=O)[O-])n1C. The quantitative estimate of drug-likeness (QED) is 0.627. The fourth-order valence-electron chi connectivity index (χ4n) is 2.78. The van der Waals surface area contributed by atoms with Crippen molar-refractivity contribution in [2.75, 3.05) is 27.2 Å². The molecule has 8 heteroatoms. The lowest BCUT2D eigenvalue weighted by atomic mass is 10.2. The Balaban J connectivity index is 2.24. The number of aromatic nitrogens is 1. The number of carbonyl (C=O) groups excluding carboxylic acids is 1. The zero-order valence-electron chi connectivity index (χ0n) is 12.4. The van der Waals surface area contributed by atoms with Crippen molar-refractivity contribution in [2.45, 2.75) is 18.6 Å². The monoisotopic (exact) mass is 296 g/mol. The minimum Gasteiger partial charge on any atom is -0.391 e. The number of amides is 1. The molecule has 1 aromatic heterocycles. The molecule has 1 aromatic rings. The summed E-state index contributed by atoms with van der Waals surface area (Å²) in [5.74, 6) is -0.406. The van der Waals surface area contributed by atoms with Crippen LogP contribution in [0.2, 0.25) is 0 Å². The van der Waals surface area contributed by atoms with Crippen LogP contribution in [0.1, 0.15) is 16.9 Å². The molecule has 8 nitrogen and oxygen atoms in total. The third-order valence-corrected chi connectivity index (χ3v) is 3.73. The molecule has 1 aliphatic heterocycles. The third-order valence-electron chi connectivity index (χ3n) is 3.73. The van der Waals surface area contributed by atoms with Gasteiger partial charge in [-0.3, -0.25) is 4.79 Å². The van der Waals surface area contributed by atoms with Crippen LogP contribution in [0.5, 0.6) is 0 Å². The lowest BCUT2D eigenvalue weighted by Gasteiger charge is -2.26. The van der Waals surface area contributed by atoms with E-state index in [2.05, 4.69) is 0 Å².